The number of nitrogens with zero attached hydrogens (tertiary/aromatic N) is 4. The first-order valence-electron chi connectivity index (χ1n) is 6.97. The fourth-order valence-electron chi connectivity index (χ4n) is 1.97. The van der Waals surface area contributed by atoms with E-state index in [2.05, 4.69) is 25.6 Å². The number of hydrogen-bond acceptors (Lipinski definition) is 4. The zero-order valence-electron chi connectivity index (χ0n) is 12.5. The smallest absolute Gasteiger partial charge is 0.308 e. The van der Waals surface area contributed by atoms with E-state index < -0.39 is 17.8 Å². The maximum absolute atomic E-state index is 12.5. The van der Waals surface area contributed by atoms with E-state index in [0.717, 1.165) is 12.1 Å². The average Bonchev–Trinajstić information content (AvgIpc) is 3.09. The molecular formula is C15H11F3N6O. The highest BCUT2D eigenvalue weighted by Gasteiger charge is 2.29. The van der Waals surface area contributed by atoms with Crippen LogP contribution < -0.4 is 10.6 Å². The molecule has 7 nitrogen and oxygen atoms in total. The molecule has 0 aliphatic carbocycles. The highest BCUT2D eigenvalue weighted by Crippen LogP contribution is 2.29. The Morgan fingerprint density at radius 3 is 2.48 bits per heavy atom. The number of alkyl halides is 3. The number of nitrogens with one attached hydrogen (secondary N) is 2. The number of anilines is 2. The molecule has 1 aromatic carbocycles. The van der Waals surface area contributed by atoms with Gasteiger partial charge in [0.05, 0.1) is 5.56 Å². The third-order valence-electron chi connectivity index (χ3n) is 3.13. The van der Waals surface area contributed by atoms with Crippen LogP contribution in [-0.2, 0) is 6.18 Å². The van der Waals surface area contributed by atoms with Gasteiger partial charge >= 0.3 is 12.2 Å². The number of halogens is 3. The van der Waals surface area contributed by atoms with Crippen LogP contribution in [0.3, 0.4) is 0 Å². The summed E-state index contributed by atoms with van der Waals surface area (Å²) in [5.74, 6) is 0.723. The lowest BCUT2D eigenvalue weighted by Crippen LogP contribution is -2.20. The van der Waals surface area contributed by atoms with Crippen molar-refractivity contribution in [2.75, 3.05) is 10.6 Å². The molecule has 0 aliphatic rings. The second-order valence-corrected chi connectivity index (χ2v) is 4.89. The van der Waals surface area contributed by atoms with Gasteiger partial charge in [0.15, 0.2) is 0 Å². The largest absolute Gasteiger partial charge is 0.416 e. The Kier molecular flexibility index (Phi) is 4.33. The van der Waals surface area contributed by atoms with Crippen molar-refractivity contribution in [1.29, 1.82) is 0 Å². The minimum atomic E-state index is -4.43. The Balaban J connectivity index is 1.66. The summed E-state index contributed by atoms with van der Waals surface area (Å²) in [6.07, 6.45) is 1.63. The van der Waals surface area contributed by atoms with Gasteiger partial charge in [-0.15, -0.1) is 0 Å². The van der Waals surface area contributed by atoms with Crippen LogP contribution in [0.15, 0.2) is 55.4 Å². The lowest BCUT2D eigenvalue weighted by atomic mass is 10.2. The SMILES string of the molecule is O=C(Nc1ccc(C(F)(F)F)cc1)Nc1cc(-n2ccnc2)ncn1. The third-order valence-corrected chi connectivity index (χ3v) is 3.13. The van der Waals surface area contributed by atoms with Crippen LogP contribution in [-0.4, -0.2) is 25.6 Å². The van der Waals surface area contributed by atoms with E-state index >= 15 is 0 Å². The summed E-state index contributed by atoms with van der Waals surface area (Å²) in [6, 6.07) is 4.98. The summed E-state index contributed by atoms with van der Waals surface area (Å²) in [5.41, 5.74) is -0.575. The molecule has 3 aromatic rings. The summed E-state index contributed by atoms with van der Waals surface area (Å²) >= 11 is 0. The fourth-order valence-corrected chi connectivity index (χ4v) is 1.97. The molecule has 0 aliphatic heterocycles. The Hall–Kier alpha value is -3.43. The van der Waals surface area contributed by atoms with Crippen molar-refractivity contribution < 1.29 is 18.0 Å². The van der Waals surface area contributed by atoms with Gasteiger partial charge in [-0.2, -0.15) is 13.2 Å². The van der Waals surface area contributed by atoms with Crippen molar-refractivity contribution in [2.24, 2.45) is 0 Å². The van der Waals surface area contributed by atoms with Gasteiger partial charge in [0.1, 0.15) is 24.3 Å². The van der Waals surface area contributed by atoms with Crippen LogP contribution in [0, 0.1) is 0 Å². The summed E-state index contributed by atoms with van der Waals surface area (Å²) in [5, 5.41) is 4.91. The molecule has 0 fully saturated rings. The molecule has 0 atom stereocenters. The predicted molar refractivity (Wildman–Crippen MR) is 83.2 cm³/mol. The molecule has 25 heavy (non-hydrogen) atoms. The van der Waals surface area contributed by atoms with Crippen molar-refractivity contribution in [1.82, 2.24) is 19.5 Å². The van der Waals surface area contributed by atoms with E-state index in [0.29, 0.717) is 5.82 Å². The predicted octanol–water partition coefficient (Wildman–Crippen LogP) is 3.33. The number of urea groups is 1. The summed E-state index contributed by atoms with van der Waals surface area (Å²) in [7, 11) is 0. The van der Waals surface area contributed by atoms with E-state index in [1.807, 2.05) is 0 Å². The number of hydrogen-bond donors (Lipinski definition) is 2. The minimum absolute atomic E-state index is 0.217. The summed E-state index contributed by atoms with van der Waals surface area (Å²) in [6.45, 7) is 0. The number of imidazole rings is 1. The first-order chi connectivity index (χ1) is 11.9. The molecule has 128 valence electrons. The maximum Gasteiger partial charge on any atom is 0.416 e. The second-order valence-electron chi connectivity index (χ2n) is 4.89. The van der Waals surface area contributed by atoms with Crippen molar-refractivity contribution in [2.45, 2.75) is 6.18 Å². The van der Waals surface area contributed by atoms with E-state index in [1.165, 1.54) is 30.9 Å². The average molecular weight is 348 g/mol. The van der Waals surface area contributed by atoms with Crippen molar-refractivity contribution >= 4 is 17.5 Å². The number of amides is 2. The van der Waals surface area contributed by atoms with Crippen LogP contribution in [0.5, 0.6) is 0 Å². The Labute approximate surface area is 139 Å². The topological polar surface area (TPSA) is 84.7 Å². The molecule has 0 unspecified atom stereocenters. The van der Waals surface area contributed by atoms with Crippen LogP contribution in [0.1, 0.15) is 5.56 Å². The number of carbonyl (C=O) groups is 1. The molecule has 0 saturated heterocycles. The molecule has 0 spiro atoms. The highest BCUT2D eigenvalue weighted by molar-refractivity contribution is 5.99. The second kappa shape index (κ2) is 6.59. The fraction of sp³-hybridized carbons (Fsp3) is 0.0667. The van der Waals surface area contributed by atoms with E-state index in [4.69, 9.17) is 0 Å². The van der Waals surface area contributed by atoms with Gasteiger partial charge in [-0.1, -0.05) is 0 Å². The summed E-state index contributed by atoms with van der Waals surface area (Å²) in [4.78, 5) is 23.8. The highest BCUT2D eigenvalue weighted by atomic mass is 19.4. The minimum Gasteiger partial charge on any atom is -0.308 e. The van der Waals surface area contributed by atoms with Crippen molar-refractivity contribution in [3.8, 4) is 5.82 Å². The third kappa shape index (κ3) is 4.10. The number of aromatic nitrogens is 4. The zero-order valence-corrected chi connectivity index (χ0v) is 12.5. The standard InChI is InChI=1S/C15H11F3N6O/c16-15(17,18)10-1-3-11(4-2-10)22-14(25)23-12-7-13(21-8-20-12)24-6-5-19-9-24/h1-9H,(H2,20,21,22,23,25). The van der Waals surface area contributed by atoms with Gasteiger partial charge in [-0.25, -0.2) is 19.7 Å². The lowest BCUT2D eigenvalue weighted by molar-refractivity contribution is -0.137. The van der Waals surface area contributed by atoms with Crippen molar-refractivity contribution in [3.05, 3.63) is 60.9 Å². The molecule has 10 heteroatoms. The van der Waals surface area contributed by atoms with Crippen molar-refractivity contribution in [3.63, 3.8) is 0 Å². The molecule has 2 heterocycles. The first-order valence-corrected chi connectivity index (χ1v) is 6.97. The van der Waals surface area contributed by atoms with Gasteiger partial charge in [-0.05, 0) is 24.3 Å². The molecule has 3 rings (SSSR count). The van der Waals surface area contributed by atoms with E-state index in [-0.39, 0.29) is 11.5 Å². The molecule has 2 aromatic heterocycles. The molecule has 2 N–H and O–H groups in total. The normalized spacial score (nSPS) is 11.2. The number of carbonyl (C=O) groups excluding carboxylic acids is 1. The summed E-state index contributed by atoms with van der Waals surface area (Å²) < 4.78 is 39.1. The zero-order chi connectivity index (χ0) is 17.9. The van der Waals surface area contributed by atoms with Crippen LogP contribution in [0.4, 0.5) is 29.5 Å². The van der Waals surface area contributed by atoms with Crippen LogP contribution in [0.2, 0.25) is 0 Å². The van der Waals surface area contributed by atoms with Gasteiger partial charge in [0.25, 0.3) is 0 Å². The van der Waals surface area contributed by atoms with Gasteiger partial charge < -0.3 is 5.32 Å². The molecule has 0 bridgehead atoms. The number of rotatable bonds is 3. The molecule has 0 radical (unpaired) electrons. The molecule has 2 amide bonds. The Bertz CT molecular complexity index is 862. The Morgan fingerprint density at radius 1 is 1.08 bits per heavy atom. The van der Waals surface area contributed by atoms with Crippen LogP contribution in [0.25, 0.3) is 5.82 Å². The quantitative estimate of drug-likeness (QED) is 0.760. The van der Waals surface area contributed by atoms with E-state index in [1.54, 1.807) is 17.0 Å². The first kappa shape index (κ1) is 16.4. The van der Waals surface area contributed by atoms with E-state index in [9.17, 15) is 18.0 Å². The van der Waals surface area contributed by atoms with Gasteiger partial charge in [0.2, 0.25) is 0 Å². The van der Waals surface area contributed by atoms with Gasteiger partial charge in [-0.3, -0.25) is 9.88 Å². The molecular weight excluding hydrogens is 337 g/mol. The monoisotopic (exact) mass is 348 g/mol. The maximum atomic E-state index is 12.5. The number of benzene rings is 1. The lowest BCUT2D eigenvalue weighted by Gasteiger charge is -2.10. The van der Waals surface area contributed by atoms with Gasteiger partial charge in [0, 0.05) is 24.1 Å². The van der Waals surface area contributed by atoms with Crippen LogP contribution >= 0.6 is 0 Å². The Morgan fingerprint density at radius 2 is 1.84 bits per heavy atom. The molecule has 0 saturated carbocycles.